The van der Waals surface area contributed by atoms with Crippen molar-refractivity contribution in [2.75, 3.05) is 4.72 Å². The molecule has 1 atom stereocenters. The highest BCUT2D eigenvalue weighted by Gasteiger charge is 2.21. The molecule has 0 bridgehead atoms. The van der Waals surface area contributed by atoms with Gasteiger partial charge in [0.05, 0.1) is 17.4 Å². The van der Waals surface area contributed by atoms with Gasteiger partial charge in [0.25, 0.3) is 0 Å². The second-order valence-electron chi connectivity index (χ2n) is 7.22. The van der Waals surface area contributed by atoms with E-state index in [0.717, 1.165) is 22.7 Å². The number of carbonyl (C=O) groups is 1. The fraction of sp³-hybridized carbons (Fsp3) is 0.273. The molecule has 1 unspecified atom stereocenters. The minimum Gasteiger partial charge on any atom is -0.347 e. The number of aromatic nitrogens is 1. The van der Waals surface area contributed by atoms with Crippen LogP contribution in [-0.2, 0) is 34.4 Å². The number of hydrogen-bond donors (Lipinski definition) is 3. The molecule has 0 radical (unpaired) electrons. The number of carbonyl (C=O) groups excluding carboxylic acids is 1. The van der Waals surface area contributed by atoms with E-state index >= 15 is 0 Å². The Labute approximate surface area is 196 Å². The molecule has 1 heterocycles. The van der Waals surface area contributed by atoms with Crippen LogP contribution in [-0.4, -0.2) is 23.9 Å². The molecule has 32 heavy (non-hydrogen) atoms. The van der Waals surface area contributed by atoms with Gasteiger partial charge in [-0.3, -0.25) is 14.1 Å². The van der Waals surface area contributed by atoms with Gasteiger partial charge < -0.3 is 5.32 Å². The molecule has 2 aromatic carbocycles. The first kappa shape index (κ1) is 24.2. The van der Waals surface area contributed by atoms with Crippen LogP contribution < -0.4 is 10.0 Å². The summed E-state index contributed by atoms with van der Waals surface area (Å²) in [7, 11) is -4.43. The average Bonchev–Trinajstić information content (AvgIpc) is 3.21. The standard InChI is InChI=1S/C22H24ClN3O4S2/c1-2-18-14-31-22(24-18)20(13-16-7-3-4-9-19(16)26-32(28,29)30)25-21(27)11-10-15-6-5-8-17(23)12-15/h3-9,12,14,20,26H,2,10-11,13H2,1H3,(H,25,27)(H,28,29,30). The molecule has 1 amide bonds. The predicted octanol–water partition coefficient (Wildman–Crippen LogP) is 4.61. The summed E-state index contributed by atoms with van der Waals surface area (Å²) in [6, 6.07) is 13.7. The highest BCUT2D eigenvalue weighted by Crippen LogP contribution is 2.27. The lowest BCUT2D eigenvalue weighted by Crippen LogP contribution is -2.30. The van der Waals surface area contributed by atoms with E-state index in [0.29, 0.717) is 23.4 Å². The number of nitrogens with one attached hydrogen (secondary N) is 2. The van der Waals surface area contributed by atoms with Crippen molar-refractivity contribution < 1.29 is 17.8 Å². The normalized spacial score (nSPS) is 12.3. The van der Waals surface area contributed by atoms with E-state index in [2.05, 4.69) is 15.0 Å². The zero-order chi connectivity index (χ0) is 23.1. The summed E-state index contributed by atoms with van der Waals surface area (Å²) in [4.78, 5) is 17.4. The summed E-state index contributed by atoms with van der Waals surface area (Å²) in [6.45, 7) is 2.00. The summed E-state index contributed by atoms with van der Waals surface area (Å²) >= 11 is 7.47. The van der Waals surface area contributed by atoms with Crippen LogP contribution in [0.1, 0.15) is 41.2 Å². The number of nitrogens with zero attached hydrogens (tertiary/aromatic N) is 1. The molecular formula is C22H24ClN3O4S2. The Kier molecular flexibility index (Phi) is 8.25. The second kappa shape index (κ2) is 10.9. The first-order valence-electron chi connectivity index (χ1n) is 10.0. The molecule has 3 rings (SSSR count). The second-order valence-corrected chi connectivity index (χ2v) is 9.70. The van der Waals surface area contributed by atoms with Gasteiger partial charge in [-0.2, -0.15) is 8.42 Å². The van der Waals surface area contributed by atoms with Crippen LogP contribution in [0.3, 0.4) is 0 Å². The molecule has 0 aliphatic carbocycles. The van der Waals surface area contributed by atoms with Crippen molar-refractivity contribution in [3.63, 3.8) is 0 Å². The van der Waals surface area contributed by atoms with Crippen molar-refractivity contribution in [1.29, 1.82) is 0 Å². The van der Waals surface area contributed by atoms with Gasteiger partial charge in [0.1, 0.15) is 5.01 Å². The first-order chi connectivity index (χ1) is 15.2. The van der Waals surface area contributed by atoms with Crippen molar-refractivity contribution in [1.82, 2.24) is 10.3 Å². The molecule has 0 saturated carbocycles. The Balaban J connectivity index is 1.78. The van der Waals surface area contributed by atoms with Gasteiger partial charge in [-0.25, -0.2) is 4.98 Å². The zero-order valence-corrected chi connectivity index (χ0v) is 19.8. The highest BCUT2D eigenvalue weighted by atomic mass is 35.5. The Hall–Kier alpha value is -2.46. The largest absolute Gasteiger partial charge is 0.357 e. The van der Waals surface area contributed by atoms with E-state index in [4.69, 9.17) is 11.6 Å². The number of rotatable bonds is 10. The molecule has 10 heteroatoms. The van der Waals surface area contributed by atoms with E-state index in [1.807, 2.05) is 30.5 Å². The SMILES string of the molecule is CCc1csc(C(Cc2ccccc2NS(=O)(=O)O)NC(=O)CCc2cccc(Cl)c2)n1. The Bertz CT molecular complexity index is 1180. The van der Waals surface area contributed by atoms with Crippen LogP contribution in [0.4, 0.5) is 5.69 Å². The van der Waals surface area contributed by atoms with Crippen LogP contribution in [0.15, 0.2) is 53.9 Å². The Morgan fingerprint density at radius 2 is 2.00 bits per heavy atom. The molecule has 3 N–H and O–H groups in total. The molecule has 0 fully saturated rings. The fourth-order valence-electron chi connectivity index (χ4n) is 3.22. The third kappa shape index (κ3) is 7.30. The van der Waals surface area contributed by atoms with Gasteiger partial charge >= 0.3 is 10.3 Å². The molecule has 1 aromatic heterocycles. The van der Waals surface area contributed by atoms with E-state index < -0.39 is 16.3 Å². The van der Waals surface area contributed by atoms with E-state index in [1.165, 1.54) is 11.3 Å². The number of amides is 1. The van der Waals surface area contributed by atoms with E-state index in [1.54, 1.807) is 30.3 Å². The maximum absolute atomic E-state index is 12.7. The smallest absolute Gasteiger partial charge is 0.347 e. The summed E-state index contributed by atoms with van der Waals surface area (Å²) in [6.07, 6.45) is 1.89. The van der Waals surface area contributed by atoms with Gasteiger partial charge in [-0.05, 0) is 42.2 Å². The predicted molar refractivity (Wildman–Crippen MR) is 127 cm³/mol. The Morgan fingerprint density at radius 3 is 2.69 bits per heavy atom. The first-order valence-corrected chi connectivity index (χ1v) is 12.7. The number of anilines is 1. The molecule has 3 aromatic rings. The van der Waals surface area contributed by atoms with Crippen molar-refractivity contribution in [3.05, 3.63) is 80.8 Å². The van der Waals surface area contributed by atoms with Crippen LogP contribution >= 0.6 is 22.9 Å². The molecule has 0 saturated heterocycles. The van der Waals surface area contributed by atoms with Gasteiger partial charge in [0.15, 0.2) is 0 Å². The molecule has 7 nitrogen and oxygen atoms in total. The van der Waals surface area contributed by atoms with Crippen molar-refractivity contribution in [2.45, 2.75) is 38.6 Å². The lowest BCUT2D eigenvalue weighted by atomic mass is 10.0. The monoisotopic (exact) mass is 493 g/mol. The van der Waals surface area contributed by atoms with Gasteiger partial charge in [-0.15, -0.1) is 11.3 Å². The number of para-hydroxylation sites is 1. The molecular weight excluding hydrogens is 470 g/mol. The minimum absolute atomic E-state index is 0.150. The van der Waals surface area contributed by atoms with Gasteiger partial charge in [0.2, 0.25) is 5.91 Å². The van der Waals surface area contributed by atoms with Crippen LogP contribution in [0.5, 0.6) is 0 Å². The van der Waals surface area contributed by atoms with Crippen molar-refractivity contribution in [2.24, 2.45) is 0 Å². The maximum Gasteiger partial charge on any atom is 0.357 e. The molecule has 0 aliphatic rings. The number of aryl methyl sites for hydroxylation is 2. The number of benzene rings is 2. The van der Waals surface area contributed by atoms with E-state index in [-0.39, 0.29) is 18.0 Å². The summed E-state index contributed by atoms with van der Waals surface area (Å²) in [5.74, 6) is -0.150. The number of halogens is 1. The molecule has 0 aliphatic heterocycles. The van der Waals surface area contributed by atoms with Gasteiger partial charge in [0, 0.05) is 23.2 Å². The van der Waals surface area contributed by atoms with E-state index in [9.17, 15) is 17.8 Å². The minimum atomic E-state index is -4.43. The number of thiazole rings is 1. The lowest BCUT2D eigenvalue weighted by Gasteiger charge is -2.19. The molecule has 0 spiro atoms. The van der Waals surface area contributed by atoms with Crippen LogP contribution in [0.25, 0.3) is 0 Å². The quantitative estimate of drug-likeness (QED) is 0.357. The summed E-state index contributed by atoms with van der Waals surface area (Å²) in [5, 5.41) is 6.34. The highest BCUT2D eigenvalue weighted by molar-refractivity contribution is 7.87. The van der Waals surface area contributed by atoms with Gasteiger partial charge in [-0.1, -0.05) is 48.9 Å². The van der Waals surface area contributed by atoms with Crippen LogP contribution in [0.2, 0.25) is 5.02 Å². The fourth-order valence-corrected chi connectivity index (χ4v) is 4.86. The third-order valence-corrected chi connectivity index (χ3v) is 6.50. The summed E-state index contributed by atoms with van der Waals surface area (Å²) in [5.41, 5.74) is 2.76. The number of hydrogen-bond acceptors (Lipinski definition) is 5. The van der Waals surface area contributed by atoms with Crippen molar-refractivity contribution >= 4 is 44.8 Å². The lowest BCUT2D eigenvalue weighted by molar-refractivity contribution is -0.121. The van der Waals surface area contributed by atoms with Crippen molar-refractivity contribution in [3.8, 4) is 0 Å². The average molecular weight is 494 g/mol. The Morgan fingerprint density at radius 1 is 1.22 bits per heavy atom. The van der Waals surface area contributed by atoms with Crippen LogP contribution in [0, 0.1) is 0 Å². The topological polar surface area (TPSA) is 108 Å². The maximum atomic E-state index is 12.7. The zero-order valence-electron chi connectivity index (χ0n) is 17.4. The third-order valence-electron chi connectivity index (χ3n) is 4.78. The summed E-state index contributed by atoms with van der Waals surface area (Å²) < 4.78 is 34.0. The molecule has 170 valence electrons.